The van der Waals surface area contributed by atoms with Crippen LogP contribution in [0.5, 0.6) is 5.75 Å². The quantitative estimate of drug-likeness (QED) is 0.612. The number of ketones is 1. The van der Waals surface area contributed by atoms with Gasteiger partial charge in [0.25, 0.3) is 0 Å². The van der Waals surface area contributed by atoms with E-state index in [1.54, 1.807) is 12.0 Å². The Balaban J connectivity index is 1.69. The van der Waals surface area contributed by atoms with Crippen molar-refractivity contribution in [3.05, 3.63) is 42.0 Å². The summed E-state index contributed by atoms with van der Waals surface area (Å²) in [6.07, 6.45) is 3.72. The number of carbonyl (C=O) groups excluding carboxylic acids is 2. The van der Waals surface area contributed by atoms with Crippen LogP contribution in [0.25, 0.3) is 10.8 Å². The van der Waals surface area contributed by atoms with E-state index in [2.05, 4.69) is 12.2 Å². The van der Waals surface area contributed by atoms with E-state index in [-0.39, 0.29) is 17.7 Å². The Morgan fingerprint density at radius 2 is 1.96 bits per heavy atom. The summed E-state index contributed by atoms with van der Waals surface area (Å²) in [4.78, 5) is 27.1. The Morgan fingerprint density at radius 1 is 1.19 bits per heavy atom. The zero-order chi connectivity index (χ0) is 19.2. The number of fused-ring (bicyclic) bond motifs is 1. The van der Waals surface area contributed by atoms with Crippen LogP contribution in [0.3, 0.4) is 0 Å². The lowest BCUT2D eigenvalue weighted by Gasteiger charge is -2.32. The van der Waals surface area contributed by atoms with Crippen LogP contribution in [-0.4, -0.2) is 43.5 Å². The van der Waals surface area contributed by atoms with Crippen LogP contribution in [0.1, 0.15) is 43.0 Å². The molecule has 2 amide bonds. The Bertz CT molecular complexity index is 818. The normalized spacial score (nSPS) is 17.0. The van der Waals surface area contributed by atoms with Crippen molar-refractivity contribution in [2.24, 2.45) is 5.92 Å². The number of hydrogen-bond donors (Lipinski definition) is 1. The van der Waals surface area contributed by atoms with Gasteiger partial charge in [-0.15, -0.1) is 0 Å². The van der Waals surface area contributed by atoms with Gasteiger partial charge in [0.2, 0.25) is 0 Å². The molecule has 2 aromatic rings. The largest absolute Gasteiger partial charge is 0.497 e. The molecule has 1 aliphatic heterocycles. The Morgan fingerprint density at radius 3 is 2.74 bits per heavy atom. The third-order valence-corrected chi connectivity index (χ3v) is 5.22. The Kier molecular flexibility index (Phi) is 6.32. The highest BCUT2D eigenvalue weighted by atomic mass is 16.5. The molecule has 27 heavy (non-hydrogen) atoms. The number of likely N-dealkylation sites (tertiary alicyclic amines) is 1. The predicted octanol–water partition coefficient (Wildman–Crippen LogP) is 4.25. The molecule has 1 atom stereocenters. The summed E-state index contributed by atoms with van der Waals surface area (Å²) in [5.41, 5.74) is 0.714. The van der Waals surface area contributed by atoms with Gasteiger partial charge in [-0.2, -0.15) is 0 Å². The highest BCUT2D eigenvalue weighted by molar-refractivity contribution is 6.01. The molecule has 0 spiro atoms. The van der Waals surface area contributed by atoms with Gasteiger partial charge in [0.05, 0.1) is 7.11 Å². The third kappa shape index (κ3) is 4.59. The number of ether oxygens (including phenoxy) is 1. The van der Waals surface area contributed by atoms with Crippen LogP contribution >= 0.6 is 0 Å². The molecule has 0 unspecified atom stereocenters. The van der Waals surface area contributed by atoms with Crippen molar-refractivity contribution in [2.45, 2.75) is 32.6 Å². The first-order valence-corrected chi connectivity index (χ1v) is 9.77. The Hall–Kier alpha value is -2.56. The number of unbranched alkanes of at least 4 members (excludes halogenated alkanes) is 1. The highest BCUT2D eigenvalue weighted by Crippen LogP contribution is 2.25. The Labute approximate surface area is 160 Å². The molecule has 1 aliphatic rings. The lowest BCUT2D eigenvalue weighted by molar-refractivity contribution is 0.0846. The molecule has 5 nitrogen and oxygen atoms in total. The summed E-state index contributed by atoms with van der Waals surface area (Å²) < 4.78 is 5.25. The summed E-state index contributed by atoms with van der Waals surface area (Å²) >= 11 is 0. The van der Waals surface area contributed by atoms with Crippen LogP contribution in [0, 0.1) is 5.92 Å². The number of urea groups is 1. The summed E-state index contributed by atoms with van der Waals surface area (Å²) in [6.45, 7) is 4.01. The standard InChI is InChI=1S/C22H28N2O3/c1-3-4-11-23-22(26)24-12-5-6-19(15-24)21(25)18-8-7-17-14-20(27-2)10-9-16(17)13-18/h7-10,13-14,19H,3-6,11-12,15H2,1-2H3,(H,23,26)/t19-/m1/s1. The number of carbonyl (C=O) groups is 2. The van der Waals surface area contributed by atoms with Gasteiger partial charge in [-0.25, -0.2) is 4.79 Å². The van der Waals surface area contributed by atoms with Gasteiger partial charge >= 0.3 is 6.03 Å². The first-order chi connectivity index (χ1) is 13.1. The molecule has 1 heterocycles. The lowest BCUT2D eigenvalue weighted by atomic mass is 9.89. The summed E-state index contributed by atoms with van der Waals surface area (Å²) in [7, 11) is 1.65. The number of hydrogen-bond acceptors (Lipinski definition) is 3. The fourth-order valence-corrected chi connectivity index (χ4v) is 3.60. The zero-order valence-electron chi connectivity index (χ0n) is 16.2. The molecule has 0 radical (unpaired) electrons. The van der Waals surface area contributed by atoms with Crippen molar-refractivity contribution in [1.82, 2.24) is 10.2 Å². The van der Waals surface area contributed by atoms with Crippen molar-refractivity contribution < 1.29 is 14.3 Å². The van der Waals surface area contributed by atoms with E-state index in [4.69, 9.17) is 4.74 Å². The fourth-order valence-electron chi connectivity index (χ4n) is 3.60. The average Bonchev–Trinajstić information content (AvgIpc) is 2.72. The lowest BCUT2D eigenvalue weighted by Crippen LogP contribution is -2.47. The van der Waals surface area contributed by atoms with Crippen LogP contribution in [-0.2, 0) is 0 Å². The van der Waals surface area contributed by atoms with Crippen molar-refractivity contribution >= 4 is 22.6 Å². The van der Waals surface area contributed by atoms with Crippen LogP contribution in [0.2, 0.25) is 0 Å². The van der Waals surface area contributed by atoms with E-state index in [0.29, 0.717) is 18.7 Å². The SMILES string of the molecule is CCCCNC(=O)N1CCC[C@@H](C(=O)c2ccc3cc(OC)ccc3c2)C1. The highest BCUT2D eigenvalue weighted by Gasteiger charge is 2.29. The van der Waals surface area contributed by atoms with Crippen molar-refractivity contribution in [3.8, 4) is 5.75 Å². The maximum atomic E-state index is 13.0. The number of rotatable bonds is 6. The average molecular weight is 368 g/mol. The van der Waals surface area contributed by atoms with Gasteiger partial charge in [-0.1, -0.05) is 31.5 Å². The number of nitrogens with zero attached hydrogens (tertiary/aromatic N) is 1. The van der Waals surface area contributed by atoms with E-state index in [0.717, 1.165) is 48.8 Å². The molecule has 1 fully saturated rings. The second kappa shape index (κ2) is 8.89. The van der Waals surface area contributed by atoms with Crippen molar-refractivity contribution in [2.75, 3.05) is 26.7 Å². The molecule has 144 valence electrons. The number of amides is 2. The van der Waals surface area contributed by atoms with Gasteiger partial charge in [0, 0.05) is 31.1 Å². The van der Waals surface area contributed by atoms with Crippen LogP contribution in [0.4, 0.5) is 4.79 Å². The molecule has 3 rings (SSSR count). The second-order valence-corrected chi connectivity index (χ2v) is 7.16. The maximum Gasteiger partial charge on any atom is 0.317 e. The molecule has 1 N–H and O–H groups in total. The van der Waals surface area contributed by atoms with E-state index < -0.39 is 0 Å². The molecule has 0 bridgehead atoms. The number of nitrogens with one attached hydrogen (secondary N) is 1. The fraction of sp³-hybridized carbons (Fsp3) is 0.455. The van der Waals surface area contributed by atoms with Crippen LogP contribution < -0.4 is 10.1 Å². The topological polar surface area (TPSA) is 58.6 Å². The predicted molar refractivity (Wildman–Crippen MR) is 107 cm³/mol. The van der Waals surface area contributed by atoms with Gasteiger partial charge in [-0.3, -0.25) is 4.79 Å². The minimum absolute atomic E-state index is 0.0495. The van der Waals surface area contributed by atoms with Crippen molar-refractivity contribution in [1.29, 1.82) is 0 Å². The molecule has 1 saturated heterocycles. The number of benzene rings is 2. The maximum absolute atomic E-state index is 13.0. The number of methoxy groups -OCH3 is 1. The monoisotopic (exact) mass is 368 g/mol. The smallest absolute Gasteiger partial charge is 0.317 e. The molecular formula is C22H28N2O3. The molecular weight excluding hydrogens is 340 g/mol. The third-order valence-electron chi connectivity index (χ3n) is 5.22. The van der Waals surface area contributed by atoms with Crippen molar-refractivity contribution in [3.63, 3.8) is 0 Å². The first kappa shape index (κ1) is 19.2. The minimum Gasteiger partial charge on any atom is -0.497 e. The molecule has 2 aromatic carbocycles. The van der Waals surface area contributed by atoms with Gasteiger partial charge < -0.3 is 15.0 Å². The molecule has 0 saturated carbocycles. The van der Waals surface area contributed by atoms with Gasteiger partial charge in [0.15, 0.2) is 5.78 Å². The second-order valence-electron chi connectivity index (χ2n) is 7.16. The zero-order valence-corrected chi connectivity index (χ0v) is 16.2. The molecule has 0 aliphatic carbocycles. The van der Waals surface area contributed by atoms with Gasteiger partial charge in [0.1, 0.15) is 5.75 Å². The van der Waals surface area contributed by atoms with E-state index >= 15 is 0 Å². The van der Waals surface area contributed by atoms with E-state index in [1.165, 1.54) is 0 Å². The first-order valence-electron chi connectivity index (χ1n) is 9.77. The van der Waals surface area contributed by atoms with E-state index in [9.17, 15) is 9.59 Å². The minimum atomic E-state index is -0.133. The summed E-state index contributed by atoms with van der Waals surface area (Å²) in [5, 5.41) is 5.02. The summed E-state index contributed by atoms with van der Waals surface area (Å²) in [6, 6.07) is 11.6. The van der Waals surface area contributed by atoms with E-state index in [1.807, 2.05) is 36.4 Å². The molecule has 5 heteroatoms. The van der Waals surface area contributed by atoms with Gasteiger partial charge in [-0.05, 0) is 48.2 Å². The summed E-state index contributed by atoms with van der Waals surface area (Å²) in [5.74, 6) is 0.795. The number of piperidine rings is 1. The van der Waals surface area contributed by atoms with Crippen LogP contribution in [0.15, 0.2) is 36.4 Å². The number of Topliss-reactive ketones (excluding diaryl/α,β-unsaturated/α-hetero) is 1. The molecule has 0 aromatic heterocycles.